The normalized spacial score (nSPS) is 10.9. The van der Waals surface area contributed by atoms with Gasteiger partial charge in [-0.2, -0.15) is 4.72 Å². The third-order valence-electron chi connectivity index (χ3n) is 2.29. The lowest BCUT2D eigenvalue weighted by Gasteiger charge is -2.10. The number of carboxylic acids is 1. The average Bonchev–Trinajstić information content (AvgIpc) is 2.43. The van der Waals surface area contributed by atoms with Gasteiger partial charge in [0.2, 0.25) is 10.0 Å². The minimum atomic E-state index is -4.06. The second kappa shape index (κ2) is 6.35. The van der Waals surface area contributed by atoms with Gasteiger partial charge in [0.15, 0.2) is 0 Å². The monoisotopic (exact) mass is 303 g/mol. The van der Waals surface area contributed by atoms with Crippen LogP contribution < -0.4 is 9.46 Å². The number of hydrogen-bond acceptors (Lipinski definition) is 6. The molecule has 0 saturated heterocycles. The van der Waals surface area contributed by atoms with Crippen LogP contribution in [0.4, 0.5) is 0 Å². The number of rotatable bonds is 6. The van der Waals surface area contributed by atoms with E-state index in [0.29, 0.717) is 0 Å². The Morgan fingerprint density at radius 1 is 1.30 bits per heavy atom. The fraction of sp³-hybridized carbons (Fsp3) is 0.273. The topological polar surface area (TPSA) is 119 Å². The van der Waals surface area contributed by atoms with Crippen LogP contribution in [0, 0.1) is 0 Å². The first-order valence-corrected chi connectivity index (χ1v) is 6.78. The van der Waals surface area contributed by atoms with Gasteiger partial charge < -0.3 is 14.6 Å². The number of carbonyl (C=O) groups excluding carboxylic acids is 1. The van der Waals surface area contributed by atoms with Crippen molar-refractivity contribution in [3.8, 4) is 5.75 Å². The maximum Gasteiger partial charge on any atom is 0.337 e. The third kappa shape index (κ3) is 3.68. The van der Waals surface area contributed by atoms with Gasteiger partial charge in [0, 0.05) is 0 Å². The Bertz CT molecular complexity index is 624. The van der Waals surface area contributed by atoms with Gasteiger partial charge in [-0.25, -0.2) is 13.2 Å². The van der Waals surface area contributed by atoms with Crippen molar-refractivity contribution >= 4 is 22.0 Å². The molecule has 0 spiro atoms. The van der Waals surface area contributed by atoms with Crippen molar-refractivity contribution in [3.63, 3.8) is 0 Å². The highest BCUT2D eigenvalue weighted by molar-refractivity contribution is 7.89. The second-order valence-corrected chi connectivity index (χ2v) is 5.31. The molecule has 0 bridgehead atoms. The highest BCUT2D eigenvalue weighted by Crippen LogP contribution is 2.25. The molecule has 8 nitrogen and oxygen atoms in total. The van der Waals surface area contributed by atoms with Gasteiger partial charge in [-0.3, -0.25) is 4.79 Å². The van der Waals surface area contributed by atoms with Crippen LogP contribution in [0.3, 0.4) is 0 Å². The Morgan fingerprint density at radius 2 is 1.95 bits per heavy atom. The highest BCUT2D eigenvalue weighted by atomic mass is 32.2. The lowest BCUT2D eigenvalue weighted by atomic mass is 10.2. The van der Waals surface area contributed by atoms with Crippen molar-refractivity contribution in [2.24, 2.45) is 0 Å². The van der Waals surface area contributed by atoms with E-state index in [4.69, 9.17) is 9.84 Å². The van der Waals surface area contributed by atoms with Crippen molar-refractivity contribution in [1.29, 1.82) is 0 Å². The number of sulfonamides is 1. The van der Waals surface area contributed by atoms with E-state index in [2.05, 4.69) is 4.74 Å². The van der Waals surface area contributed by atoms with E-state index >= 15 is 0 Å². The van der Waals surface area contributed by atoms with Crippen molar-refractivity contribution < 1.29 is 32.6 Å². The molecule has 0 aliphatic heterocycles. The zero-order chi connectivity index (χ0) is 15.3. The zero-order valence-electron chi connectivity index (χ0n) is 10.7. The quantitative estimate of drug-likeness (QED) is 0.701. The molecule has 0 amide bonds. The highest BCUT2D eigenvalue weighted by Gasteiger charge is 2.21. The summed E-state index contributed by atoms with van der Waals surface area (Å²) >= 11 is 0. The first kappa shape index (κ1) is 15.9. The minimum Gasteiger partial charge on any atom is -0.495 e. The van der Waals surface area contributed by atoms with Gasteiger partial charge in [-0.15, -0.1) is 0 Å². The third-order valence-corrected chi connectivity index (χ3v) is 3.73. The summed E-state index contributed by atoms with van der Waals surface area (Å²) < 4.78 is 35.1. The molecule has 9 heteroatoms. The molecule has 2 N–H and O–H groups in total. The largest absolute Gasteiger partial charge is 0.495 e. The Balaban J connectivity index is 3.18. The summed E-state index contributed by atoms with van der Waals surface area (Å²) in [4.78, 5) is 21.5. The van der Waals surface area contributed by atoms with Crippen LogP contribution in [-0.4, -0.2) is 46.2 Å². The molecule has 0 aliphatic rings. The molecule has 1 rings (SSSR count). The van der Waals surface area contributed by atoms with Gasteiger partial charge in [0.05, 0.1) is 19.8 Å². The van der Waals surface area contributed by atoms with Gasteiger partial charge in [-0.1, -0.05) is 0 Å². The van der Waals surface area contributed by atoms with E-state index in [0.717, 1.165) is 6.07 Å². The zero-order valence-corrected chi connectivity index (χ0v) is 11.6. The van der Waals surface area contributed by atoms with Crippen molar-refractivity contribution in [2.45, 2.75) is 4.90 Å². The summed E-state index contributed by atoms with van der Waals surface area (Å²) in [5.41, 5.74) is 0.113. The van der Waals surface area contributed by atoms with Gasteiger partial charge >= 0.3 is 11.9 Å². The number of carbonyl (C=O) groups is 2. The molecule has 0 saturated carbocycles. The summed E-state index contributed by atoms with van der Waals surface area (Å²) in [7, 11) is -1.64. The number of hydrogen-bond donors (Lipinski definition) is 2. The molecule has 1 aromatic rings. The molecule has 20 heavy (non-hydrogen) atoms. The van der Waals surface area contributed by atoms with E-state index < -0.39 is 28.5 Å². The molecule has 0 radical (unpaired) electrons. The predicted octanol–water partition coefficient (Wildman–Crippen LogP) is -0.155. The second-order valence-electron chi connectivity index (χ2n) is 3.58. The molecular weight excluding hydrogens is 290 g/mol. The minimum absolute atomic E-state index is 0.0919. The van der Waals surface area contributed by atoms with Crippen molar-refractivity contribution in [1.82, 2.24) is 4.72 Å². The van der Waals surface area contributed by atoms with Crippen LogP contribution in [0.15, 0.2) is 23.1 Å². The smallest absolute Gasteiger partial charge is 0.337 e. The van der Waals surface area contributed by atoms with Crippen LogP contribution in [-0.2, 0) is 19.6 Å². The number of nitrogens with one attached hydrogen (secondary N) is 1. The van der Waals surface area contributed by atoms with Crippen LogP contribution in [0.5, 0.6) is 5.75 Å². The molecule has 0 atom stereocenters. The van der Waals surface area contributed by atoms with Gasteiger partial charge in [0.1, 0.15) is 17.2 Å². The summed E-state index contributed by atoms with van der Waals surface area (Å²) in [5, 5.41) is 8.48. The molecule has 0 unspecified atom stereocenters. The maximum absolute atomic E-state index is 11.9. The van der Waals surface area contributed by atoms with E-state index in [1.807, 2.05) is 4.72 Å². The Kier molecular flexibility index (Phi) is 5.06. The molecule has 110 valence electrons. The Morgan fingerprint density at radius 3 is 2.45 bits per heavy atom. The van der Waals surface area contributed by atoms with Gasteiger partial charge in [0.25, 0.3) is 0 Å². The SMILES string of the molecule is COC(=O)c1ccc(S(=O)(=O)NCC(=O)O)c(OC)c1. The molecule has 0 aromatic heterocycles. The number of aliphatic carboxylic acids is 1. The first-order valence-electron chi connectivity index (χ1n) is 5.29. The summed E-state index contributed by atoms with van der Waals surface area (Å²) in [6, 6.07) is 3.57. The fourth-order valence-electron chi connectivity index (χ4n) is 1.37. The van der Waals surface area contributed by atoms with Crippen molar-refractivity contribution in [2.75, 3.05) is 20.8 Å². The Labute approximate surface area is 115 Å². The van der Waals surface area contributed by atoms with Crippen LogP contribution in [0.2, 0.25) is 0 Å². The lowest BCUT2D eigenvalue weighted by molar-refractivity contribution is -0.135. The van der Waals surface area contributed by atoms with Crippen LogP contribution >= 0.6 is 0 Å². The number of carboxylic acid groups (broad SMARTS) is 1. The molecule has 0 heterocycles. The summed E-state index contributed by atoms with van der Waals surface area (Å²) in [6.07, 6.45) is 0. The predicted molar refractivity (Wildman–Crippen MR) is 67.2 cm³/mol. The number of methoxy groups -OCH3 is 2. The van der Waals surface area contributed by atoms with Gasteiger partial charge in [-0.05, 0) is 18.2 Å². The lowest BCUT2D eigenvalue weighted by Crippen LogP contribution is -2.29. The van der Waals surface area contributed by atoms with Crippen LogP contribution in [0.1, 0.15) is 10.4 Å². The molecule has 0 aliphatic carbocycles. The first-order chi connectivity index (χ1) is 9.31. The van der Waals surface area contributed by atoms with E-state index in [1.54, 1.807) is 0 Å². The van der Waals surface area contributed by atoms with E-state index in [9.17, 15) is 18.0 Å². The number of esters is 1. The van der Waals surface area contributed by atoms with E-state index in [1.165, 1.54) is 26.4 Å². The molecule has 1 aromatic carbocycles. The number of benzene rings is 1. The maximum atomic E-state index is 11.9. The summed E-state index contributed by atoms with van der Waals surface area (Å²) in [5.74, 6) is -2.06. The Hall–Kier alpha value is -2.13. The molecular formula is C11H13NO7S. The van der Waals surface area contributed by atoms with E-state index in [-0.39, 0.29) is 16.2 Å². The number of ether oxygens (including phenoxy) is 2. The fourth-order valence-corrected chi connectivity index (χ4v) is 2.49. The van der Waals surface area contributed by atoms with Crippen LogP contribution in [0.25, 0.3) is 0 Å². The average molecular weight is 303 g/mol. The summed E-state index contributed by atoms with van der Waals surface area (Å²) in [6.45, 7) is -0.760. The van der Waals surface area contributed by atoms with Crippen molar-refractivity contribution in [3.05, 3.63) is 23.8 Å². The standard InChI is InChI=1S/C11H13NO7S/c1-18-8-5-7(11(15)19-2)3-4-9(8)20(16,17)12-6-10(13)14/h3-5,12H,6H2,1-2H3,(H,13,14). The molecule has 0 fully saturated rings.